The van der Waals surface area contributed by atoms with Gasteiger partial charge in [-0.3, -0.25) is 4.79 Å². The van der Waals surface area contributed by atoms with Crippen LogP contribution in [-0.2, 0) is 11.2 Å². The first-order chi connectivity index (χ1) is 11.0. The highest BCUT2D eigenvalue weighted by atomic mass is 16.5. The van der Waals surface area contributed by atoms with Crippen LogP contribution >= 0.6 is 0 Å². The first-order valence-corrected chi connectivity index (χ1v) is 8.78. The maximum absolute atomic E-state index is 11.3. The van der Waals surface area contributed by atoms with Crippen LogP contribution in [0.2, 0.25) is 0 Å². The van der Waals surface area contributed by atoms with Crippen molar-refractivity contribution in [1.82, 2.24) is 15.5 Å². The number of carbonyl (C=O) groups is 1. The summed E-state index contributed by atoms with van der Waals surface area (Å²) in [4.78, 5) is 15.7. The van der Waals surface area contributed by atoms with E-state index < -0.39 is 5.97 Å². The van der Waals surface area contributed by atoms with Crippen LogP contribution in [0.15, 0.2) is 4.52 Å². The van der Waals surface area contributed by atoms with E-state index in [0.717, 1.165) is 50.2 Å². The van der Waals surface area contributed by atoms with E-state index in [4.69, 9.17) is 4.52 Å². The van der Waals surface area contributed by atoms with Gasteiger partial charge in [0.15, 0.2) is 5.82 Å². The van der Waals surface area contributed by atoms with Crippen molar-refractivity contribution in [2.45, 2.75) is 71.3 Å². The molecule has 0 aromatic carbocycles. The predicted octanol–water partition coefficient (Wildman–Crippen LogP) is 2.99. The third-order valence-electron chi connectivity index (χ3n) is 4.63. The molecule has 6 heteroatoms. The monoisotopic (exact) mass is 323 g/mol. The summed E-state index contributed by atoms with van der Waals surface area (Å²) in [5, 5.41) is 16.7. The summed E-state index contributed by atoms with van der Waals surface area (Å²) in [7, 11) is 0. The molecule has 1 saturated carbocycles. The summed E-state index contributed by atoms with van der Waals surface area (Å²) in [6, 6.07) is 0.397. The Morgan fingerprint density at radius 3 is 2.57 bits per heavy atom. The Morgan fingerprint density at radius 2 is 2.04 bits per heavy atom. The number of aryl methyl sites for hydroxylation is 1. The van der Waals surface area contributed by atoms with Crippen molar-refractivity contribution in [3.63, 3.8) is 0 Å². The van der Waals surface area contributed by atoms with Crippen molar-refractivity contribution in [2.24, 2.45) is 11.8 Å². The number of aliphatic carboxylic acids is 1. The molecule has 0 radical (unpaired) electrons. The maximum atomic E-state index is 11.3. The van der Waals surface area contributed by atoms with E-state index in [2.05, 4.69) is 29.3 Å². The van der Waals surface area contributed by atoms with E-state index in [1.54, 1.807) is 0 Å². The summed E-state index contributed by atoms with van der Waals surface area (Å²) in [6.07, 6.45) is 5.62. The zero-order valence-electron chi connectivity index (χ0n) is 14.4. The molecule has 1 heterocycles. The van der Waals surface area contributed by atoms with Crippen molar-refractivity contribution < 1.29 is 14.4 Å². The highest BCUT2D eigenvalue weighted by Crippen LogP contribution is 2.32. The largest absolute Gasteiger partial charge is 0.481 e. The number of carboxylic acid groups (broad SMARTS) is 1. The highest BCUT2D eigenvalue weighted by Gasteiger charge is 2.27. The number of nitrogens with zero attached hydrogens (tertiary/aromatic N) is 2. The fourth-order valence-corrected chi connectivity index (χ4v) is 3.27. The highest BCUT2D eigenvalue weighted by molar-refractivity contribution is 5.70. The molecular formula is C17H29N3O3. The van der Waals surface area contributed by atoms with Gasteiger partial charge in [-0.25, -0.2) is 0 Å². The molecule has 1 aromatic rings. The number of nitrogens with one attached hydrogen (secondary N) is 1. The van der Waals surface area contributed by atoms with E-state index >= 15 is 0 Å². The quantitative estimate of drug-likeness (QED) is 0.764. The molecule has 1 aromatic heterocycles. The summed E-state index contributed by atoms with van der Waals surface area (Å²) in [5.41, 5.74) is 0. The Labute approximate surface area is 138 Å². The van der Waals surface area contributed by atoms with E-state index in [-0.39, 0.29) is 5.92 Å². The second kappa shape index (κ2) is 8.43. The van der Waals surface area contributed by atoms with Crippen LogP contribution in [0.1, 0.15) is 70.5 Å². The predicted molar refractivity (Wildman–Crippen MR) is 87.3 cm³/mol. The van der Waals surface area contributed by atoms with Gasteiger partial charge < -0.3 is 14.9 Å². The molecule has 1 aliphatic carbocycles. The van der Waals surface area contributed by atoms with Gasteiger partial charge in [0, 0.05) is 24.9 Å². The first-order valence-electron chi connectivity index (χ1n) is 8.78. The van der Waals surface area contributed by atoms with Gasteiger partial charge in [0.1, 0.15) is 0 Å². The van der Waals surface area contributed by atoms with Crippen LogP contribution in [0.25, 0.3) is 0 Å². The lowest BCUT2D eigenvalue weighted by molar-refractivity contribution is -0.142. The Balaban J connectivity index is 1.76. The molecule has 0 saturated heterocycles. The maximum Gasteiger partial charge on any atom is 0.307 e. The molecule has 0 aliphatic heterocycles. The van der Waals surface area contributed by atoms with E-state index in [1.165, 1.54) is 0 Å². The molecule has 23 heavy (non-hydrogen) atoms. The van der Waals surface area contributed by atoms with Gasteiger partial charge in [-0.15, -0.1) is 0 Å². The van der Waals surface area contributed by atoms with Crippen molar-refractivity contribution in [2.75, 3.05) is 6.54 Å². The van der Waals surface area contributed by atoms with E-state index in [9.17, 15) is 9.90 Å². The fraction of sp³-hybridized carbons (Fsp3) is 0.824. The van der Waals surface area contributed by atoms with Crippen molar-refractivity contribution >= 4 is 5.97 Å². The SMILES string of the molecule is CCc1noc(C2CCC(NCC(CC(C)C)C(=O)O)CC2)n1. The topological polar surface area (TPSA) is 88.2 Å². The molecule has 1 aliphatic rings. The number of carboxylic acids is 1. The van der Waals surface area contributed by atoms with Crippen molar-refractivity contribution in [3.8, 4) is 0 Å². The second-order valence-corrected chi connectivity index (χ2v) is 7.02. The van der Waals surface area contributed by atoms with Crippen molar-refractivity contribution in [1.29, 1.82) is 0 Å². The molecule has 2 rings (SSSR count). The summed E-state index contributed by atoms with van der Waals surface area (Å²) >= 11 is 0. The lowest BCUT2D eigenvalue weighted by atomic mass is 9.85. The minimum Gasteiger partial charge on any atom is -0.481 e. The van der Waals surface area contributed by atoms with Gasteiger partial charge in [-0.05, 0) is 38.0 Å². The number of hydrogen-bond acceptors (Lipinski definition) is 5. The summed E-state index contributed by atoms with van der Waals surface area (Å²) < 4.78 is 5.34. The molecular weight excluding hydrogens is 294 g/mol. The van der Waals surface area contributed by atoms with E-state index in [0.29, 0.717) is 24.4 Å². The minimum absolute atomic E-state index is 0.296. The van der Waals surface area contributed by atoms with Gasteiger partial charge in [0.25, 0.3) is 0 Å². The first kappa shape index (κ1) is 17.9. The average Bonchev–Trinajstić information content (AvgIpc) is 3.00. The average molecular weight is 323 g/mol. The molecule has 0 spiro atoms. The number of hydrogen-bond donors (Lipinski definition) is 2. The lowest BCUT2D eigenvalue weighted by Crippen LogP contribution is -2.38. The zero-order chi connectivity index (χ0) is 16.8. The van der Waals surface area contributed by atoms with Crippen LogP contribution in [-0.4, -0.2) is 33.8 Å². The normalized spacial score (nSPS) is 23.1. The molecule has 6 nitrogen and oxygen atoms in total. The van der Waals surface area contributed by atoms with Gasteiger partial charge in [0.2, 0.25) is 5.89 Å². The minimum atomic E-state index is -0.696. The summed E-state index contributed by atoms with van der Waals surface area (Å²) in [5.74, 6) is 1.31. The van der Waals surface area contributed by atoms with Crippen LogP contribution in [0.5, 0.6) is 0 Å². The van der Waals surface area contributed by atoms with Gasteiger partial charge in [-0.2, -0.15) is 4.98 Å². The molecule has 0 bridgehead atoms. The Kier molecular flexibility index (Phi) is 6.57. The van der Waals surface area contributed by atoms with Gasteiger partial charge >= 0.3 is 5.97 Å². The number of aromatic nitrogens is 2. The molecule has 2 N–H and O–H groups in total. The van der Waals surface area contributed by atoms with Gasteiger partial charge in [0.05, 0.1) is 5.92 Å². The third kappa shape index (κ3) is 5.30. The smallest absolute Gasteiger partial charge is 0.307 e. The third-order valence-corrected chi connectivity index (χ3v) is 4.63. The van der Waals surface area contributed by atoms with Crippen LogP contribution in [0.4, 0.5) is 0 Å². The fourth-order valence-electron chi connectivity index (χ4n) is 3.27. The Hall–Kier alpha value is -1.43. The number of rotatable bonds is 8. The molecule has 1 fully saturated rings. The van der Waals surface area contributed by atoms with Gasteiger partial charge in [-0.1, -0.05) is 25.9 Å². The molecule has 1 atom stereocenters. The Bertz CT molecular complexity index is 493. The molecule has 1 unspecified atom stereocenters. The van der Waals surface area contributed by atoms with Crippen molar-refractivity contribution in [3.05, 3.63) is 11.7 Å². The standard InChI is InChI=1S/C17H29N3O3/c1-4-15-19-16(23-20-15)12-5-7-14(8-6-12)18-10-13(17(21)22)9-11(2)3/h11-14,18H,4-10H2,1-3H3,(H,21,22). The Morgan fingerprint density at radius 1 is 1.35 bits per heavy atom. The second-order valence-electron chi connectivity index (χ2n) is 7.02. The van der Waals surface area contributed by atoms with E-state index in [1.807, 2.05) is 6.92 Å². The lowest BCUT2D eigenvalue weighted by Gasteiger charge is -2.28. The van der Waals surface area contributed by atoms with Crippen LogP contribution in [0, 0.1) is 11.8 Å². The molecule has 0 amide bonds. The van der Waals surface area contributed by atoms with Crippen LogP contribution < -0.4 is 5.32 Å². The zero-order valence-corrected chi connectivity index (χ0v) is 14.4. The van der Waals surface area contributed by atoms with Crippen LogP contribution in [0.3, 0.4) is 0 Å². The molecule has 130 valence electrons. The summed E-state index contributed by atoms with van der Waals surface area (Å²) in [6.45, 7) is 6.71.